The Hall–Kier alpha value is -2.52. The highest BCUT2D eigenvalue weighted by Crippen LogP contribution is 2.29. The number of esters is 1. The van der Waals surface area contributed by atoms with Crippen LogP contribution in [0.15, 0.2) is 17.1 Å². The van der Waals surface area contributed by atoms with Gasteiger partial charge in [0.1, 0.15) is 5.69 Å². The monoisotopic (exact) mass is 347 g/mol. The number of alkyl halides is 3. The Morgan fingerprint density at radius 1 is 1.33 bits per heavy atom. The molecule has 0 bridgehead atoms. The normalized spacial score (nSPS) is 20.5. The van der Waals surface area contributed by atoms with E-state index in [-0.39, 0.29) is 0 Å². The van der Waals surface area contributed by atoms with Crippen LogP contribution in [0.1, 0.15) is 24.8 Å². The van der Waals surface area contributed by atoms with Crippen LogP contribution in [0.3, 0.4) is 0 Å². The molecule has 1 aromatic rings. The third kappa shape index (κ3) is 4.06. The van der Waals surface area contributed by atoms with Gasteiger partial charge in [0.15, 0.2) is 0 Å². The van der Waals surface area contributed by atoms with Crippen molar-refractivity contribution in [1.82, 2.24) is 10.3 Å². The number of nitrogens with one attached hydrogen (secondary N) is 3. The summed E-state index contributed by atoms with van der Waals surface area (Å²) >= 11 is 0. The molecule has 0 radical (unpaired) electrons. The van der Waals surface area contributed by atoms with Crippen LogP contribution in [0.4, 0.5) is 23.7 Å². The van der Waals surface area contributed by atoms with Crippen LogP contribution >= 0.6 is 0 Å². The first kappa shape index (κ1) is 17.8. The lowest BCUT2D eigenvalue weighted by molar-refractivity contribution is -0.145. The summed E-state index contributed by atoms with van der Waals surface area (Å²) < 4.78 is 42.6. The molecule has 1 heterocycles. The van der Waals surface area contributed by atoms with Gasteiger partial charge in [-0.05, 0) is 18.9 Å². The second-order valence-electron chi connectivity index (χ2n) is 5.39. The van der Waals surface area contributed by atoms with Gasteiger partial charge in [0.05, 0.1) is 18.6 Å². The predicted molar refractivity (Wildman–Crippen MR) is 77.4 cm³/mol. The quantitative estimate of drug-likeness (QED) is 0.727. The molecule has 2 amide bonds. The molecule has 0 spiro atoms. The van der Waals surface area contributed by atoms with Crippen molar-refractivity contribution in [3.63, 3.8) is 0 Å². The maximum Gasteiger partial charge on any atom is 0.417 e. The number of amides is 2. The highest BCUT2D eigenvalue weighted by atomic mass is 19.4. The lowest BCUT2D eigenvalue weighted by Gasteiger charge is -2.19. The van der Waals surface area contributed by atoms with Gasteiger partial charge < -0.3 is 20.4 Å². The van der Waals surface area contributed by atoms with Crippen molar-refractivity contribution in [2.75, 3.05) is 12.4 Å². The molecule has 1 aliphatic carbocycles. The van der Waals surface area contributed by atoms with Gasteiger partial charge in [0.25, 0.3) is 5.56 Å². The van der Waals surface area contributed by atoms with Crippen molar-refractivity contribution in [2.45, 2.75) is 31.5 Å². The molecule has 10 heteroatoms. The summed E-state index contributed by atoms with van der Waals surface area (Å²) in [7, 11) is 1.24. The second kappa shape index (κ2) is 6.93. The first-order valence-electron chi connectivity index (χ1n) is 7.17. The lowest BCUT2D eigenvalue weighted by Crippen LogP contribution is -2.43. The number of rotatable bonds is 3. The van der Waals surface area contributed by atoms with Gasteiger partial charge in [-0.25, -0.2) is 4.79 Å². The zero-order valence-electron chi connectivity index (χ0n) is 12.7. The number of carbonyl (C=O) groups excluding carboxylic acids is 2. The van der Waals surface area contributed by atoms with Crippen LogP contribution in [0, 0.1) is 5.92 Å². The number of halogens is 3. The number of hydrogen-bond donors (Lipinski definition) is 3. The van der Waals surface area contributed by atoms with Crippen molar-refractivity contribution < 1.29 is 27.5 Å². The molecule has 1 aromatic heterocycles. The van der Waals surface area contributed by atoms with E-state index in [9.17, 15) is 27.6 Å². The number of hydrogen-bond acceptors (Lipinski definition) is 4. The Bertz CT molecular complexity index is 687. The smallest absolute Gasteiger partial charge is 0.417 e. The molecule has 1 aliphatic rings. The zero-order valence-corrected chi connectivity index (χ0v) is 12.7. The number of H-pyrrole nitrogens is 1. The highest BCUT2D eigenvalue weighted by molar-refractivity contribution is 5.89. The van der Waals surface area contributed by atoms with Crippen molar-refractivity contribution in [3.05, 3.63) is 28.2 Å². The fraction of sp³-hybridized carbons (Fsp3) is 0.500. The van der Waals surface area contributed by atoms with Crippen molar-refractivity contribution >= 4 is 17.7 Å². The summed E-state index contributed by atoms with van der Waals surface area (Å²) in [5.74, 6) is -0.977. The predicted octanol–water partition coefficient (Wildman–Crippen LogP) is 1.86. The van der Waals surface area contributed by atoms with Crippen LogP contribution in [0.2, 0.25) is 0 Å². The van der Waals surface area contributed by atoms with E-state index >= 15 is 0 Å². The van der Waals surface area contributed by atoms with E-state index in [2.05, 4.69) is 15.4 Å². The molecule has 2 atom stereocenters. The van der Waals surface area contributed by atoms with E-state index in [0.717, 1.165) is 0 Å². The zero-order chi connectivity index (χ0) is 17.9. The van der Waals surface area contributed by atoms with Gasteiger partial charge in [-0.15, -0.1) is 0 Å². The fourth-order valence-corrected chi connectivity index (χ4v) is 2.63. The third-order valence-electron chi connectivity index (χ3n) is 3.82. The van der Waals surface area contributed by atoms with Crippen LogP contribution < -0.4 is 16.2 Å². The summed E-state index contributed by atoms with van der Waals surface area (Å²) in [5.41, 5.74) is -2.49. The molecule has 0 aromatic carbocycles. The first-order chi connectivity index (χ1) is 11.2. The fourth-order valence-electron chi connectivity index (χ4n) is 2.63. The molecule has 132 valence electrons. The van der Waals surface area contributed by atoms with Crippen molar-refractivity contribution in [1.29, 1.82) is 0 Å². The molecular formula is C14H16F3N3O4. The number of aromatic amines is 1. The third-order valence-corrected chi connectivity index (χ3v) is 3.82. The Labute approximate surface area is 134 Å². The van der Waals surface area contributed by atoms with E-state index in [4.69, 9.17) is 0 Å². The Kier molecular flexibility index (Phi) is 5.15. The van der Waals surface area contributed by atoms with Crippen LogP contribution in [0.5, 0.6) is 0 Å². The molecule has 2 unspecified atom stereocenters. The minimum Gasteiger partial charge on any atom is -0.469 e. The highest BCUT2D eigenvalue weighted by Gasteiger charge is 2.35. The average Bonchev–Trinajstić information content (AvgIpc) is 2.95. The number of methoxy groups -OCH3 is 1. The SMILES string of the molecule is COC(=O)C1CCCC1NC(=O)Nc1cc(C(F)(F)F)c[nH]c1=O. The number of aromatic nitrogens is 1. The second-order valence-corrected chi connectivity index (χ2v) is 5.39. The van der Waals surface area contributed by atoms with Gasteiger partial charge in [-0.2, -0.15) is 13.2 Å². The van der Waals surface area contributed by atoms with E-state index in [1.807, 2.05) is 4.98 Å². The summed E-state index contributed by atoms with van der Waals surface area (Å²) in [6, 6.07) is -0.812. The number of ether oxygens (including phenoxy) is 1. The molecule has 2 rings (SSSR count). The number of carbonyl (C=O) groups is 2. The number of pyridine rings is 1. The molecule has 0 aliphatic heterocycles. The van der Waals surface area contributed by atoms with Crippen molar-refractivity contribution in [3.8, 4) is 0 Å². The van der Waals surface area contributed by atoms with Gasteiger partial charge in [-0.1, -0.05) is 6.42 Å². The maximum atomic E-state index is 12.6. The Balaban J connectivity index is 2.07. The summed E-state index contributed by atoms with van der Waals surface area (Å²) in [5, 5.41) is 4.57. The standard InChI is InChI=1S/C14H16F3N3O4/c1-24-12(22)8-3-2-4-9(8)19-13(23)20-10-5-7(14(15,16)17)6-18-11(10)21/h5-6,8-9H,2-4H2,1H3,(H,18,21)(H2,19,20,23). The van der Waals surface area contributed by atoms with E-state index in [1.54, 1.807) is 0 Å². The van der Waals surface area contributed by atoms with Crippen LogP contribution in [0.25, 0.3) is 0 Å². The van der Waals surface area contributed by atoms with Gasteiger partial charge in [-0.3, -0.25) is 9.59 Å². The van der Waals surface area contributed by atoms with Crippen LogP contribution in [-0.2, 0) is 15.7 Å². The summed E-state index contributed by atoms with van der Waals surface area (Å²) in [4.78, 5) is 37.0. The summed E-state index contributed by atoms with van der Waals surface area (Å²) in [6.45, 7) is 0. The largest absolute Gasteiger partial charge is 0.469 e. The average molecular weight is 347 g/mol. The Morgan fingerprint density at radius 3 is 2.67 bits per heavy atom. The number of anilines is 1. The molecule has 0 saturated heterocycles. The maximum absolute atomic E-state index is 12.6. The number of urea groups is 1. The van der Waals surface area contributed by atoms with Gasteiger partial charge >= 0.3 is 18.2 Å². The van der Waals surface area contributed by atoms with Gasteiger partial charge in [0, 0.05) is 12.2 Å². The van der Waals surface area contributed by atoms with E-state index in [0.29, 0.717) is 31.5 Å². The lowest BCUT2D eigenvalue weighted by atomic mass is 10.0. The van der Waals surface area contributed by atoms with Gasteiger partial charge in [0.2, 0.25) is 0 Å². The minimum atomic E-state index is -4.65. The minimum absolute atomic E-state index is 0.463. The van der Waals surface area contributed by atoms with E-state index in [1.165, 1.54) is 7.11 Å². The molecule has 1 fully saturated rings. The first-order valence-corrected chi connectivity index (χ1v) is 7.17. The van der Waals surface area contributed by atoms with Crippen molar-refractivity contribution in [2.24, 2.45) is 5.92 Å². The molecule has 24 heavy (non-hydrogen) atoms. The Morgan fingerprint density at radius 2 is 2.04 bits per heavy atom. The van der Waals surface area contributed by atoms with Crippen LogP contribution in [-0.4, -0.2) is 30.1 Å². The molecule has 3 N–H and O–H groups in total. The van der Waals surface area contributed by atoms with E-state index < -0.39 is 46.9 Å². The molecule has 1 saturated carbocycles. The topological polar surface area (TPSA) is 100 Å². The molecule has 7 nitrogen and oxygen atoms in total. The summed E-state index contributed by atoms with van der Waals surface area (Å²) in [6.07, 6.45) is -2.35. The molecular weight excluding hydrogens is 331 g/mol.